The fraction of sp³-hybridized carbons (Fsp3) is 0.261. The van der Waals surface area contributed by atoms with Gasteiger partial charge in [-0.2, -0.15) is 8.42 Å². The van der Waals surface area contributed by atoms with Crippen molar-refractivity contribution in [2.24, 2.45) is 0 Å². The third-order valence-electron chi connectivity index (χ3n) is 5.30. The normalized spacial score (nSPS) is 13.6. The number of fused-ring (bicyclic) bond motifs is 1. The second-order valence-corrected chi connectivity index (χ2v) is 9.18. The number of aromatic nitrogens is 2. The van der Waals surface area contributed by atoms with Crippen molar-refractivity contribution < 1.29 is 21.8 Å². The Morgan fingerprint density at radius 2 is 1.79 bits per heavy atom. The molecule has 172 valence electrons. The summed E-state index contributed by atoms with van der Waals surface area (Å²) in [5.41, 5.74) is -0.487. The molecule has 1 aliphatic rings. The lowest BCUT2D eigenvalue weighted by Gasteiger charge is -2.15. The maximum Gasteiger partial charge on any atom is 0.339 e. The summed E-state index contributed by atoms with van der Waals surface area (Å²) in [5.74, 6) is -1.40. The first kappa shape index (κ1) is 22.7. The molecule has 1 amide bonds. The molecule has 4 rings (SSSR count). The van der Waals surface area contributed by atoms with Gasteiger partial charge in [-0.3, -0.25) is 14.2 Å². The third kappa shape index (κ3) is 5.11. The number of nitrogens with one attached hydrogen (secondary N) is 1. The van der Waals surface area contributed by atoms with E-state index in [9.17, 15) is 22.4 Å². The van der Waals surface area contributed by atoms with Crippen molar-refractivity contribution in [1.82, 2.24) is 14.9 Å². The molecule has 2 aromatic carbocycles. The van der Waals surface area contributed by atoms with E-state index in [1.165, 1.54) is 53.1 Å². The molecule has 1 aromatic heterocycles. The van der Waals surface area contributed by atoms with E-state index >= 15 is 0 Å². The summed E-state index contributed by atoms with van der Waals surface area (Å²) in [4.78, 5) is 30.4. The molecule has 0 aliphatic carbocycles. The lowest BCUT2D eigenvalue weighted by Crippen LogP contribution is -2.33. The largest absolute Gasteiger partial charge is 0.370 e. The van der Waals surface area contributed by atoms with E-state index in [1.807, 2.05) is 0 Å². The number of halogens is 1. The summed E-state index contributed by atoms with van der Waals surface area (Å²) in [6.07, 6.45) is 2.90. The Bertz CT molecular complexity index is 1320. The van der Waals surface area contributed by atoms with Crippen LogP contribution in [0.1, 0.15) is 41.1 Å². The molecule has 1 aliphatic heterocycles. The number of hydrogen-bond donors (Lipinski definition) is 1. The van der Waals surface area contributed by atoms with Gasteiger partial charge in [0, 0.05) is 19.5 Å². The van der Waals surface area contributed by atoms with Crippen LogP contribution in [0.3, 0.4) is 0 Å². The molecular formula is C23H22FN3O5S. The number of hydrogen-bond acceptors (Lipinski definition) is 6. The van der Waals surface area contributed by atoms with Crippen LogP contribution in [-0.4, -0.2) is 23.9 Å². The Morgan fingerprint density at radius 1 is 1.06 bits per heavy atom. The average Bonchev–Trinajstić information content (AvgIpc) is 3.06. The first-order valence-electron chi connectivity index (χ1n) is 10.5. The van der Waals surface area contributed by atoms with Gasteiger partial charge in [0.05, 0.1) is 0 Å². The minimum Gasteiger partial charge on any atom is -0.370 e. The number of rotatable bonds is 6. The van der Waals surface area contributed by atoms with Crippen LogP contribution in [0.4, 0.5) is 4.39 Å². The molecule has 33 heavy (non-hydrogen) atoms. The van der Waals surface area contributed by atoms with Crippen molar-refractivity contribution >= 4 is 16.0 Å². The molecule has 3 aromatic rings. The van der Waals surface area contributed by atoms with E-state index in [1.54, 1.807) is 6.07 Å². The molecule has 0 atom stereocenters. The number of carbonyl (C=O) groups is 1. The molecule has 0 unspecified atom stereocenters. The Hall–Kier alpha value is -3.53. The predicted octanol–water partition coefficient (Wildman–Crippen LogP) is 2.81. The maximum atomic E-state index is 13.2. The van der Waals surface area contributed by atoms with E-state index < -0.39 is 38.8 Å². The van der Waals surface area contributed by atoms with Crippen LogP contribution in [0.15, 0.2) is 64.3 Å². The van der Waals surface area contributed by atoms with Crippen LogP contribution >= 0.6 is 0 Å². The lowest BCUT2D eigenvalue weighted by molar-refractivity contribution is 0.0943. The fourth-order valence-corrected chi connectivity index (χ4v) is 4.53. The predicted molar refractivity (Wildman–Crippen MR) is 118 cm³/mol. The maximum absolute atomic E-state index is 13.2. The van der Waals surface area contributed by atoms with Gasteiger partial charge in [-0.15, -0.1) is 0 Å². The minimum atomic E-state index is -4.37. The Labute approximate surface area is 190 Å². The van der Waals surface area contributed by atoms with E-state index in [4.69, 9.17) is 4.18 Å². The molecule has 0 spiro atoms. The van der Waals surface area contributed by atoms with Crippen molar-refractivity contribution in [1.29, 1.82) is 0 Å². The molecule has 10 heteroatoms. The summed E-state index contributed by atoms with van der Waals surface area (Å²) in [5, 5.41) is 2.60. The average molecular weight is 472 g/mol. The topological polar surface area (TPSA) is 107 Å². The van der Waals surface area contributed by atoms with Gasteiger partial charge < -0.3 is 9.50 Å². The summed E-state index contributed by atoms with van der Waals surface area (Å²) in [6.45, 7) is 0.393. The molecule has 0 saturated carbocycles. The van der Waals surface area contributed by atoms with Crippen LogP contribution in [0.2, 0.25) is 0 Å². The van der Waals surface area contributed by atoms with Crippen molar-refractivity contribution in [3.63, 3.8) is 0 Å². The first-order valence-corrected chi connectivity index (χ1v) is 11.9. The van der Waals surface area contributed by atoms with Gasteiger partial charge in [0.25, 0.3) is 11.5 Å². The highest BCUT2D eigenvalue weighted by Crippen LogP contribution is 2.21. The number of nitrogens with zero attached hydrogens (tertiary/aromatic N) is 2. The highest BCUT2D eigenvalue weighted by Gasteiger charge is 2.28. The van der Waals surface area contributed by atoms with Gasteiger partial charge in [0.1, 0.15) is 16.5 Å². The van der Waals surface area contributed by atoms with Gasteiger partial charge in [0.15, 0.2) is 5.69 Å². The zero-order valence-corrected chi connectivity index (χ0v) is 18.5. The Balaban J connectivity index is 1.72. The molecule has 1 N–H and O–H groups in total. The number of aryl methyl sites for hydroxylation is 1. The number of carbonyl (C=O) groups excluding carboxylic acids is 1. The molecule has 0 fully saturated rings. The van der Waals surface area contributed by atoms with Gasteiger partial charge >= 0.3 is 10.1 Å². The van der Waals surface area contributed by atoms with E-state index in [0.29, 0.717) is 24.4 Å². The Morgan fingerprint density at radius 3 is 2.52 bits per heavy atom. The highest BCUT2D eigenvalue weighted by atomic mass is 32.2. The summed E-state index contributed by atoms with van der Waals surface area (Å²) < 4.78 is 45.3. The number of amides is 1. The van der Waals surface area contributed by atoms with E-state index in [2.05, 4.69) is 10.3 Å². The zero-order chi connectivity index (χ0) is 23.4. The Kier molecular flexibility index (Phi) is 6.55. The molecular weight excluding hydrogens is 449 g/mol. The zero-order valence-electron chi connectivity index (χ0n) is 17.7. The smallest absolute Gasteiger partial charge is 0.339 e. The summed E-state index contributed by atoms with van der Waals surface area (Å²) in [6, 6.07) is 12.9. The summed E-state index contributed by atoms with van der Waals surface area (Å²) in [7, 11) is -4.37. The van der Waals surface area contributed by atoms with Crippen molar-refractivity contribution in [2.45, 2.75) is 43.7 Å². The van der Waals surface area contributed by atoms with Crippen LogP contribution < -0.4 is 15.1 Å². The quantitative estimate of drug-likeness (QED) is 0.554. The second kappa shape index (κ2) is 9.53. The molecule has 0 bridgehead atoms. The van der Waals surface area contributed by atoms with Crippen molar-refractivity contribution in [3.8, 4) is 5.75 Å². The number of benzene rings is 2. The second-order valence-electron chi connectivity index (χ2n) is 7.63. The van der Waals surface area contributed by atoms with Gasteiger partial charge in [0.2, 0.25) is 5.75 Å². The minimum absolute atomic E-state index is 0.0318. The fourth-order valence-electron chi connectivity index (χ4n) is 3.57. The molecule has 0 radical (unpaired) electrons. The van der Waals surface area contributed by atoms with Crippen molar-refractivity contribution in [3.05, 3.63) is 87.9 Å². The SMILES string of the molecule is O=C(NCc1ccc(F)cc1)c1nc2n(c(=O)c1OS(=O)(=O)c1ccccc1)CCCCC2. The monoisotopic (exact) mass is 471 g/mol. The first-order chi connectivity index (χ1) is 15.8. The van der Waals surface area contributed by atoms with Gasteiger partial charge in [-0.05, 0) is 42.7 Å². The van der Waals surface area contributed by atoms with Gasteiger partial charge in [-0.1, -0.05) is 36.8 Å². The van der Waals surface area contributed by atoms with Crippen LogP contribution in [0.25, 0.3) is 0 Å². The van der Waals surface area contributed by atoms with E-state index in [-0.39, 0.29) is 11.4 Å². The third-order valence-corrected chi connectivity index (χ3v) is 6.53. The molecule has 8 nitrogen and oxygen atoms in total. The molecule has 2 heterocycles. The molecule has 0 saturated heterocycles. The lowest BCUT2D eigenvalue weighted by atomic mass is 10.2. The van der Waals surface area contributed by atoms with Crippen LogP contribution in [0, 0.1) is 5.82 Å². The van der Waals surface area contributed by atoms with E-state index in [0.717, 1.165) is 19.3 Å². The highest BCUT2D eigenvalue weighted by molar-refractivity contribution is 7.87. The van der Waals surface area contributed by atoms with Crippen molar-refractivity contribution in [2.75, 3.05) is 0 Å². The van der Waals surface area contributed by atoms with Crippen LogP contribution in [-0.2, 0) is 29.6 Å². The standard InChI is InChI=1S/C23H22FN3O5S/c24-17-12-10-16(11-13-17)15-25-22(28)20-21(32-33(30,31)18-7-3-1-4-8-18)23(29)27-14-6-2-5-9-19(27)26-20/h1,3-4,7-8,10-13H,2,5-6,9,14-15H2,(H,25,28). The van der Waals surface area contributed by atoms with Gasteiger partial charge in [-0.25, -0.2) is 9.37 Å². The van der Waals surface area contributed by atoms with Crippen LogP contribution in [0.5, 0.6) is 5.75 Å². The summed E-state index contributed by atoms with van der Waals surface area (Å²) >= 11 is 0.